The van der Waals surface area contributed by atoms with Crippen LogP contribution >= 0.6 is 0 Å². The van der Waals surface area contributed by atoms with E-state index >= 15 is 0 Å². The van der Waals surface area contributed by atoms with Crippen molar-refractivity contribution in [1.29, 1.82) is 0 Å². The molecular formula is C9H6BF3KN. The third-order valence-corrected chi connectivity index (χ3v) is 1.43. The van der Waals surface area contributed by atoms with E-state index in [0.717, 1.165) is 6.08 Å². The van der Waals surface area contributed by atoms with Gasteiger partial charge in [0, 0.05) is 11.8 Å². The molecule has 0 atom stereocenters. The molecule has 1 nitrogen and oxygen atoms in total. The molecule has 0 bridgehead atoms. The number of rotatable bonds is 2. The van der Waals surface area contributed by atoms with Crippen molar-refractivity contribution in [2.45, 2.75) is 0 Å². The van der Waals surface area contributed by atoms with E-state index in [9.17, 15) is 12.9 Å². The number of aromatic nitrogens is 1. The molecule has 0 aliphatic heterocycles. The van der Waals surface area contributed by atoms with E-state index in [-0.39, 0.29) is 63.1 Å². The van der Waals surface area contributed by atoms with Crippen LogP contribution in [0.15, 0.2) is 24.3 Å². The zero-order valence-electron chi connectivity index (χ0n) is 8.12. The Balaban J connectivity index is 0.00000196. The van der Waals surface area contributed by atoms with Gasteiger partial charge in [-0.2, -0.15) is 0 Å². The Labute approximate surface area is 129 Å². The normalized spacial score (nSPS) is 10.8. The van der Waals surface area contributed by atoms with Gasteiger partial charge in [0.1, 0.15) is 0 Å². The first-order chi connectivity index (χ1) is 6.51. The first-order valence-electron chi connectivity index (χ1n) is 3.83. The molecule has 0 saturated carbocycles. The summed E-state index contributed by atoms with van der Waals surface area (Å²) in [5.74, 6) is 2.50. The van der Waals surface area contributed by atoms with Gasteiger partial charge in [-0.25, -0.2) is 0 Å². The summed E-state index contributed by atoms with van der Waals surface area (Å²) >= 11 is 0. The summed E-state index contributed by atoms with van der Waals surface area (Å²) in [5.41, 5.74) is 0.717. The van der Waals surface area contributed by atoms with Crippen LogP contribution in [0.1, 0.15) is 11.3 Å². The predicted molar refractivity (Wildman–Crippen MR) is 50.3 cm³/mol. The Bertz CT molecular complexity index is 395. The van der Waals surface area contributed by atoms with Crippen LogP contribution in [0.4, 0.5) is 12.9 Å². The number of hydrogen-bond donors (Lipinski definition) is 0. The van der Waals surface area contributed by atoms with Gasteiger partial charge < -0.3 is 12.9 Å². The SMILES string of the molecule is C#Cc1ccnc(/C=C/[B-](F)(F)F)c1.[K+]. The first kappa shape index (κ1) is 14.9. The van der Waals surface area contributed by atoms with E-state index in [1.807, 2.05) is 0 Å². The van der Waals surface area contributed by atoms with Gasteiger partial charge in [-0.15, -0.1) is 12.4 Å². The molecule has 15 heavy (non-hydrogen) atoms. The summed E-state index contributed by atoms with van der Waals surface area (Å²) in [7, 11) is 0. The average Bonchev–Trinajstić information content (AvgIpc) is 2.14. The van der Waals surface area contributed by atoms with Gasteiger partial charge in [0.2, 0.25) is 0 Å². The largest absolute Gasteiger partial charge is 1.00 e. The topological polar surface area (TPSA) is 12.9 Å². The molecule has 1 aromatic rings. The summed E-state index contributed by atoms with van der Waals surface area (Å²) in [4.78, 5) is 3.72. The van der Waals surface area contributed by atoms with Gasteiger partial charge in [0.25, 0.3) is 0 Å². The standard InChI is InChI=1S/C9H6BF3N.K/c1-2-8-4-6-14-9(7-8)3-5-10(11,12)13;/h1,3-7H;/q-1;+1/b5-3+;. The Kier molecular flexibility index (Phi) is 6.48. The predicted octanol–water partition coefficient (Wildman–Crippen LogP) is -0.533. The third kappa shape index (κ3) is 6.18. The molecule has 0 aromatic carbocycles. The van der Waals surface area contributed by atoms with Crippen LogP contribution in [0.25, 0.3) is 6.08 Å². The summed E-state index contributed by atoms with van der Waals surface area (Å²) in [6.07, 6.45) is 7.36. The minimum atomic E-state index is -4.92. The van der Waals surface area contributed by atoms with Crippen LogP contribution in [0.5, 0.6) is 0 Å². The maximum absolute atomic E-state index is 11.8. The first-order valence-corrected chi connectivity index (χ1v) is 3.83. The molecule has 1 rings (SSSR count). The van der Waals surface area contributed by atoms with Crippen molar-refractivity contribution in [3.05, 3.63) is 35.6 Å². The van der Waals surface area contributed by atoms with Crippen molar-refractivity contribution >= 4 is 13.1 Å². The maximum Gasteiger partial charge on any atom is 1.00 e. The van der Waals surface area contributed by atoms with E-state index in [4.69, 9.17) is 6.42 Å². The Morgan fingerprint density at radius 2 is 2.07 bits per heavy atom. The molecule has 1 heterocycles. The molecule has 0 spiro atoms. The average molecular weight is 235 g/mol. The van der Waals surface area contributed by atoms with Crippen LogP contribution in [0, 0.1) is 12.3 Å². The third-order valence-electron chi connectivity index (χ3n) is 1.43. The van der Waals surface area contributed by atoms with Crippen molar-refractivity contribution in [3.8, 4) is 12.3 Å². The van der Waals surface area contributed by atoms with Crippen molar-refractivity contribution < 1.29 is 64.3 Å². The molecule has 0 radical (unpaired) electrons. The number of nitrogens with zero attached hydrogens (tertiary/aromatic N) is 1. The molecule has 0 amide bonds. The van der Waals surface area contributed by atoms with Crippen LogP contribution in [-0.4, -0.2) is 12.0 Å². The number of terminal acetylenes is 1. The molecule has 0 aliphatic carbocycles. The zero-order chi connectivity index (χ0) is 10.6. The van der Waals surface area contributed by atoms with E-state index in [2.05, 4.69) is 10.9 Å². The second-order valence-corrected chi connectivity index (χ2v) is 2.60. The van der Waals surface area contributed by atoms with Crippen molar-refractivity contribution in [3.63, 3.8) is 0 Å². The van der Waals surface area contributed by atoms with Gasteiger partial charge in [-0.05, 0) is 12.1 Å². The Morgan fingerprint density at radius 1 is 1.40 bits per heavy atom. The molecule has 0 N–H and O–H groups in total. The zero-order valence-corrected chi connectivity index (χ0v) is 11.2. The fourth-order valence-corrected chi connectivity index (χ4v) is 0.837. The van der Waals surface area contributed by atoms with Gasteiger partial charge in [0.05, 0.1) is 5.69 Å². The number of hydrogen-bond acceptors (Lipinski definition) is 1. The maximum atomic E-state index is 11.8. The van der Waals surface area contributed by atoms with Gasteiger partial charge >= 0.3 is 58.4 Å². The van der Waals surface area contributed by atoms with Crippen LogP contribution < -0.4 is 51.4 Å². The van der Waals surface area contributed by atoms with E-state index in [0.29, 0.717) is 5.56 Å². The Hall–Kier alpha value is -0.0587. The summed E-state index contributed by atoms with van der Waals surface area (Å²) < 4.78 is 35.5. The Morgan fingerprint density at radius 3 is 2.60 bits per heavy atom. The summed E-state index contributed by atoms with van der Waals surface area (Å²) in [5, 5.41) is 0. The number of halogens is 3. The van der Waals surface area contributed by atoms with Crippen LogP contribution in [0.2, 0.25) is 0 Å². The van der Waals surface area contributed by atoms with Crippen LogP contribution in [-0.2, 0) is 0 Å². The monoisotopic (exact) mass is 235 g/mol. The van der Waals surface area contributed by atoms with E-state index in [1.165, 1.54) is 12.3 Å². The molecule has 72 valence electrons. The van der Waals surface area contributed by atoms with E-state index in [1.54, 1.807) is 6.07 Å². The fourth-order valence-electron chi connectivity index (χ4n) is 0.837. The van der Waals surface area contributed by atoms with Gasteiger partial charge in [0.15, 0.2) is 0 Å². The molecule has 0 saturated heterocycles. The fraction of sp³-hybridized carbons (Fsp3) is 0. The molecule has 0 fully saturated rings. The second kappa shape index (κ2) is 6.51. The smallest absolute Gasteiger partial charge is 0.445 e. The molecule has 0 aliphatic rings. The van der Waals surface area contributed by atoms with Gasteiger partial charge in [-0.3, -0.25) is 4.98 Å². The second-order valence-electron chi connectivity index (χ2n) is 2.60. The minimum absolute atomic E-state index is 0. The van der Waals surface area contributed by atoms with Gasteiger partial charge in [-0.1, -0.05) is 12.0 Å². The summed E-state index contributed by atoms with van der Waals surface area (Å²) in [6.45, 7) is -4.92. The van der Waals surface area contributed by atoms with Crippen molar-refractivity contribution in [2.24, 2.45) is 0 Å². The van der Waals surface area contributed by atoms with E-state index < -0.39 is 6.98 Å². The molecular weight excluding hydrogens is 229 g/mol. The summed E-state index contributed by atoms with van der Waals surface area (Å²) in [6, 6.07) is 2.97. The molecule has 0 unspecified atom stereocenters. The quantitative estimate of drug-likeness (QED) is 0.496. The van der Waals surface area contributed by atoms with Crippen molar-refractivity contribution in [2.75, 3.05) is 0 Å². The molecule has 1 aromatic heterocycles. The number of pyridine rings is 1. The molecule has 6 heteroatoms. The van der Waals surface area contributed by atoms with Crippen molar-refractivity contribution in [1.82, 2.24) is 4.98 Å². The minimum Gasteiger partial charge on any atom is -0.445 e. The van der Waals surface area contributed by atoms with Crippen LogP contribution in [0.3, 0.4) is 0 Å².